The first-order valence-corrected chi connectivity index (χ1v) is 11.8. The Morgan fingerprint density at radius 2 is 1.68 bits per heavy atom. The van der Waals surface area contributed by atoms with E-state index in [1.165, 1.54) is 6.07 Å². The Kier molecular flexibility index (Phi) is 6.55. The number of hydrogen-bond acceptors (Lipinski definition) is 5. The van der Waals surface area contributed by atoms with Gasteiger partial charge < -0.3 is 4.90 Å². The molecule has 3 aromatic heterocycles. The summed E-state index contributed by atoms with van der Waals surface area (Å²) in [5.74, 6) is -0.500. The van der Waals surface area contributed by atoms with E-state index < -0.39 is 22.7 Å². The summed E-state index contributed by atoms with van der Waals surface area (Å²) in [5, 5.41) is 4.60. The molecule has 0 atom stereocenters. The third-order valence-corrected chi connectivity index (χ3v) is 6.19. The molecule has 9 heteroatoms. The van der Waals surface area contributed by atoms with Crippen molar-refractivity contribution in [2.75, 3.05) is 19.0 Å². The van der Waals surface area contributed by atoms with Crippen molar-refractivity contribution >= 4 is 11.4 Å². The molecule has 1 aromatic carbocycles. The second-order valence-corrected chi connectivity index (χ2v) is 10.6. The van der Waals surface area contributed by atoms with Crippen molar-refractivity contribution in [3.8, 4) is 17.1 Å². The van der Waals surface area contributed by atoms with Crippen LogP contribution in [0.3, 0.4) is 0 Å². The Bertz CT molecular complexity index is 1510. The van der Waals surface area contributed by atoms with E-state index in [0.29, 0.717) is 23.0 Å². The van der Waals surface area contributed by atoms with Gasteiger partial charge in [0.05, 0.1) is 23.7 Å². The molecule has 4 aromatic rings. The van der Waals surface area contributed by atoms with Gasteiger partial charge in [-0.2, -0.15) is 0 Å². The summed E-state index contributed by atoms with van der Waals surface area (Å²) in [6.07, 6.45) is 1.65. The fourth-order valence-corrected chi connectivity index (χ4v) is 3.82. The van der Waals surface area contributed by atoms with Crippen LogP contribution in [0.4, 0.5) is 20.2 Å². The van der Waals surface area contributed by atoms with Crippen LogP contribution in [0.5, 0.6) is 0 Å². The maximum atomic E-state index is 15.1. The molecule has 0 fully saturated rings. The number of aromatic nitrogens is 5. The van der Waals surface area contributed by atoms with Crippen LogP contribution in [0, 0.1) is 18.2 Å². The molecule has 0 aliphatic heterocycles. The highest BCUT2D eigenvalue weighted by molar-refractivity contribution is 5.71. The minimum atomic E-state index is -0.928. The highest BCUT2D eigenvalue weighted by Gasteiger charge is 2.29. The summed E-state index contributed by atoms with van der Waals surface area (Å²) >= 11 is 0. The minimum Gasteiger partial charge on any atom is -0.378 e. The van der Waals surface area contributed by atoms with Crippen LogP contribution >= 0.6 is 0 Å². The van der Waals surface area contributed by atoms with Gasteiger partial charge in [0.1, 0.15) is 18.0 Å². The normalized spacial score (nSPS) is 11.9. The fourth-order valence-electron chi connectivity index (χ4n) is 3.82. The molecule has 0 radical (unpaired) electrons. The molecule has 4 rings (SSSR count). The fraction of sp³-hybridized carbons (Fsp3) is 0.321. The molecule has 0 saturated heterocycles. The van der Waals surface area contributed by atoms with E-state index in [2.05, 4.69) is 14.9 Å². The van der Waals surface area contributed by atoms with E-state index in [0.717, 1.165) is 17.4 Å². The molecule has 0 amide bonds. The van der Waals surface area contributed by atoms with E-state index in [1.807, 2.05) is 77.9 Å². The van der Waals surface area contributed by atoms with Gasteiger partial charge in [-0.05, 0) is 50.2 Å². The third-order valence-electron chi connectivity index (χ3n) is 6.19. The van der Waals surface area contributed by atoms with Crippen LogP contribution in [0.2, 0.25) is 0 Å². The Labute approximate surface area is 215 Å². The zero-order valence-electron chi connectivity index (χ0n) is 22.0. The molecule has 0 saturated carbocycles. The van der Waals surface area contributed by atoms with E-state index in [4.69, 9.17) is 16.5 Å². The van der Waals surface area contributed by atoms with Crippen molar-refractivity contribution in [3.63, 3.8) is 0 Å². The molecule has 7 nitrogen and oxygen atoms in total. The van der Waals surface area contributed by atoms with E-state index in [-0.39, 0.29) is 11.0 Å². The van der Waals surface area contributed by atoms with Crippen LogP contribution in [0.25, 0.3) is 21.9 Å². The Hall–Kier alpha value is -4.19. The van der Waals surface area contributed by atoms with Gasteiger partial charge in [0.25, 0.3) is 5.69 Å². The van der Waals surface area contributed by atoms with Gasteiger partial charge in [0, 0.05) is 36.2 Å². The van der Waals surface area contributed by atoms with Crippen molar-refractivity contribution in [2.24, 2.45) is 0 Å². The summed E-state index contributed by atoms with van der Waals surface area (Å²) < 4.78 is 30.7. The lowest BCUT2D eigenvalue weighted by Crippen LogP contribution is -2.24. The second kappa shape index (κ2) is 9.36. The molecular weight excluding hydrogens is 472 g/mol. The maximum Gasteiger partial charge on any atom is 0.257 e. The summed E-state index contributed by atoms with van der Waals surface area (Å²) in [6, 6.07) is 11.7. The summed E-state index contributed by atoms with van der Waals surface area (Å²) in [6.45, 7) is 17.3. The highest BCUT2D eigenvalue weighted by atomic mass is 19.1. The molecule has 0 bridgehead atoms. The molecule has 0 aliphatic rings. The lowest BCUT2D eigenvalue weighted by atomic mass is 9.84. The van der Waals surface area contributed by atoms with Gasteiger partial charge in [-0.15, -0.1) is 5.10 Å². The zero-order chi connectivity index (χ0) is 27.1. The zero-order valence-corrected chi connectivity index (χ0v) is 22.0. The van der Waals surface area contributed by atoms with Crippen molar-refractivity contribution in [2.45, 2.75) is 45.4 Å². The van der Waals surface area contributed by atoms with Crippen LogP contribution in [0.15, 0.2) is 48.8 Å². The maximum absolute atomic E-state index is 15.1. The first kappa shape index (κ1) is 25.9. The second-order valence-electron chi connectivity index (χ2n) is 10.6. The van der Waals surface area contributed by atoms with Crippen molar-refractivity contribution < 1.29 is 8.78 Å². The number of pyridine rings is 2. The van der Waals surface area contributed by atoms with Crippen molar-refractivity contribution in [1.82, 2.24) is 24.7 Å². The van der Waals surface area contributed by atoms with Gasteiger partial charge in [-0.3, -0.25) is 4.98 Å². The van der Waals surface area contributed by atoms with E-state index in [9.17, 15) is 4.39 Å². The molecule has 0 aliphatic carbocycles. The van der Waals surface area contributed by atoms with Crippen LogP contribution < -0.4 is 4.90 Å². The molecule has 0 unspecified atom stereocenters. The molecule has 37 heavy (non-hydrogen) atoms. The molecular formula is C28H29F2N7. The lowest BCUT2D eigenvalue weighted by molar-refractivity contribution is 0.542. The van der Waals surface area contributed by atoms with E-state index in [1.54, 1.807) is 17.1 Å². The van der Waals surface area contributed by atoms with Crippen molar-refractivity contribution in [1.29, 1.82) is 0 Å². The Morgan fingerprint density at radius 1 is 0.946 bits per heavy atom. The predicted octanol–water partition coefficient (Wildman–Crippen LogP) is 6.24. The number of halogens is 2. The predicted molar refractivity (Wildman–Crippen MR) is 140 cm³/mol. The van der Waals surface area contributed by atoms with Crippen LogP contribution in [0.1, 0.15) is 51.8 Å². The third kappa shape index (κ3) is 4.92. The summed E-state index contributed by atoms with van der Waals surface area (Å²) in [5.41, 5.74) is 0.983. The Morgan fingerprint density at radius 3 is 2.30 bits per heavy atom. The van der Waals surface area contributed by atoms with Crippen molar-refractivity contribution in [3.05, 3.63) is 89.1 Å². The molecule has 0 N–H and O–H groups in total. The monoisotopic (exact) mass is 501 g/mol. The first-order valence-electron chi connectivity index (χ1n) is 11.8. The smallest absolute Gasteiger partial charge is 0.257 e. The number of anilines is 1. The molecule has 0 spiro atoms. The van der Waals surface area contributed by atoms with Crippen LogP contribution in [-0.4, -0.2) is 38.8 Å². The first-order chi connectivity index (χ1) is 17.3. The van der Waals surface area contributed by atoms with Gasteiger partial charge in [-0.25, -0.2) is 28.3 Å². The molecule has 3 heterocycles. The molecule has 190 valence electrons. The van der Waals surface area contributed by atoms with Gasteiger partial charge >= 0.3 is 0 Å². The summed E-state index contributed by atoms with van der Waals surface area (Å²) in [4.78, 5) is 19.0. The lowest BCUT2D eigenvalue weighted by Gasteiger charge is -2.26. The average molecular weight is 502 g/mol. The van der Waals surface area contributed by atoms with Gasteiger partial charge in [0.15, 0.2) is 11.6 Å². The highest BCUT2D eigenvalue weighted by Crippen LogP contribution is 2.36. The number of nitrogens with zero attached hydrogens (tertiary/aromatic N) is 7. The standard InChI is InChI=1S/C28H29F2N7/c1-27(2,3)26-32-16-37(35-26)23-11-9-10-21(34-23)28(4,5)22-15-17(36(7)8)14-20(33-22)18-12-13-19(29)25(31-6)24(18)30/h9-16H,1-5,7-8H3. The van der Waals surface area contributed by atoms with Gasteiger partial charge in [-0.1, -0.05) is 26.8 Å². The number of rotatable bonds is 5. The van der Waals surface area contributed by atoms with Crippen LogP contribution in [-0.2, 0) is 10.8 Å². The number of hydrogen-bond donors (Lipinski definition) is 0. The Balaban J connectivity index is 1.83. The SMILES string of the molecule is [C-]#[N+]c1c(F)ccc(-c2cc(N(C)C)cc(C(C)(C)c3cccc(-n4cnc(C(C)(C)C)n4)n3)n2)c1F. The quantitative estimate of drug-likeness (QED) is 0.303. The van der Waals surface area contributed by atoms with Gasteiger partial charge in [0.2, 0.25) is 0 Å². The van der Waals surface area contributed by atoms with E-state index >= 15 is 4.39 Å². The average Bonchev–Trinajstić information content (AvgIpc) is 3.35. The topological polar surface area (TPSA) is 64.1 Å². The largest absolute Gasteiger partial charge is 0.378 e. The minimum absolute atomic E-state index is 0.0622. The number of benzene rings is 1. The summed E-state index contributed by atoms with van der Waals surface area (Å²) in [7, 11) is 3.75.